The number of alkyl halides is 1. The Morgan fingerprint density at radius 2 is 1.47 bits per heavy atom. The molecule has 10 heteroatoms. The molecule has 0 aliphatic heterocycles. The van der Waals surface area contributed by atoms with Gasteiger partial charge in [0.25, 0.3) is 0 Å². The van der Waals surface area contributed by atoms with Crippen LogP contribution in [0.25, 0.3) is 0 Å². The maximum absolute atomic E-state index is 14.2. The van der Waals surface area contributed by atoms with E-state index in [0.29, 0.717) is 10.0 Å². The largest absolute Gasteiger partial charge is 0.462 e. The quantitative estimate of drug-likeness (QED) is 0.339. The number of benzene rings is 2. The second-order valence-electron chi connectivity index (χ2n) is 6.27. The van der Waals surface area contributed by atoms with Crippen molar-refractivity contribution in [1.82, 2.24) is 0 Å². The van der Waals surface area contributed by atoms with Gasteiger partial charge in [0.1, 0.15) is 6.10 Å². The standard InChI is InChI=1S/C20H15Cl4FO5/c1-10(9-29-19(27)13-4-2-11(21)6-15(13)23)18(17(25)8-26)30-20(28)14-5-3-12(22)7-16(14)24/h2-8,10,17-18H,9H2,1H3/t10-,17+,18+/m0/s1. The van der Waals surface area contributed by atoms with E-state index in [2.05, 4.69) is 0 Å². The van der Waals surface area contributed by atoms with Gasteiger partial charge in [0.15, 0.2) is 12.5 Å². The van der Waals surface area contributed by atoms with Crippen molar-refractivity contribution in [3.8, 4) is 0 Å². The third kappa shape index (κ3) is 6.32. The molecule has 0 N–H and O–H groups in total. The van der Waals surface area contributed by atoms with E-state index in [1.54, 1.807) is 0 Å². The molecule has 0 saturated heterocycles. The average molecular weight is 496 g/mol. The molecule has 5 nitrogen and oxygen atoms in total. The van der Waals surface area contributed by atoms with Crippen molar-refractivity contribution in [3.63, 3.8) is 0 Å². The second-order valence-corrected chi connectivity index (χ2v) is 7.96. The molecule has 0 radical (unpaired) electrons. The van der Waals surface area contributed by atoms with Crippen LogP contribution < -0.4 is 0 Å². The number of hydrogen-bond acceptors (Lipinski definition) is 5. The summed E-state index contributed by atoms with van der Waals surface area (Å²) in [6, 6.07) is 8.24. The zero-order chi connectivity index (χ0) is 22.4. The maximum atomic E-state index is 14.2. The van der Waals surface area contributed by atoms with Gasteiger partial charge in [0.05, 0.1) is 27.8 Å². The highest BCUT2D eigenvalue weighted by atomic mass is 35.5. The van der Waals surface area contributed by atoms with Crippen molar-refractivity contribution in [1.29, 1.82) is 0 Å². The Bertz CT molecular complexity index is 953. The first-order chi connectivity index (χ1) is 14.1. The second kappa shape index (κ2) is 11.0. The summed E-state index contributed by atoms with van der Waals surface area (Å²) in [5.74, 6) is -2.60. The molecule has 0 fully saturated rings. The summed E-state index contributed by atoms with van der Waals surface area (Å²) in [5, 5.41) is 0.718. The predicted octanol–water partition coefficient (Wildman–Crippen LogP) is 5.86. The molecule has 2 aromatic carbocycles. The SMILES string of the molecule is C[C@@H](COC(=O)c1ccc(Cl)cc1Cl)[C@@H](OC(=O)c1ccc(Cl)cc1Cl)[C@H](F)C=O. The molecule has 3 atom stereocenters. The molecule has 0 aromatic heterocycles. The van der Waals surface area contributed by atoms with Crippen molar-refractivity contribution in [2.45, 2.75) is 19.2 Å². The third-order valence-corrected chi connectivity index (χ3v) is 5.12. The van der Waals surface area contributed by atoms with Crippen LogP contribution in [0.15, 0.2) is 36.4 Å². The summed E-state index contributed by atoms with van der Waals surface area (Å²) in [4.78, 5) is 35.6. The Hall–Kier alpha value is -1.86. The maximum Gasteiger partial charge on any atom is 0.340 e. The van der Waals surface area contributed by atoms with E-state index in [1.807, 2.05) is 0 Å². The number of aldehydes is 1. The topological polar surface area (TPSA) is 69.7 Å². The molecular weight excluding hydrogens is 481 g/mol. The first-order valence-corrected chi connectivity index (χ1v) is 10.0. The summed E-state index contributed by atoms with van der Waals surface area (Å²) in [7, 11) is 0. The summed E-state index contributed by atoms with van der Waals surface area (Å²) in [6.45, 7) is 1.10. The molecule has 2 aromatic rings. The van der Waals surface area contributed by atoms with Gasteiger partial charge in [0, 0.05) is 16.0 Å². The van der Waals surface area contributed by atoms with Gasteiger partial charge >= 0.3 is 11.9 Å². The lowest BCUT2D eigenvalue weighted by molar-refractivity contribution is -0.117. The third-order valence-electron chi connectivity index (χ3n) is 4.03. The minimum absolute atomic E-state index is 0.00391. The average Bonchev–Trinajstić information content (AvgIpc) is 2.69. The van der Waals surface area contributed by atoms with Crippen LogP contribution in [0, 0.1) is 5.92 Å². The highest BCUT2D eigenvalue weighted by Crippen LogP contribution is 2.25. The van der Waals surface area contributed by atoms with Crippen LogP contribution in [0.2, 0.25) is 20.1 Å². The van der Waals surface area contributed by atoms with Crippen LogP contribution >= 0.6 is 46.4 Å². The van der Waals surface area contributed by atoms with Gasteiger partial charge in [-0.1, -0.05) is 53.3 Å². The van der Waals surface area contributed by atoms with E-state index >= 15 is 0 Å². The van der Waals surface area contributed by atoms with Gasteiger partial charge in [0.2, 0.25) is 0 Å². The Balaban J connectivity index is 2.09. The van der Waals surface area contributed by atoms with Crippen LogP contribution in [0.1, 0.15) is 27.6 Å². The van der Waals surface area contributed by atoms with Gasteiger partial charge < -0.3 is 9.47 Å². The normalized spacial score (nSPS) is 13.8. The fourth-order valence-corrected chi connectivity index (χ4v) is 3.42. The lowest BCUT2D eigenvalue weighted by atomic mass is 10.0. The molecule has 0 heterocycles. The summed E-state index contributed by atoms with van der Waals surface area (Å²) < 4.78 is 24.4. The molecule has 2 rings (SSSR count). The van der Waals surface area contributed by atoms with Crippen molar-refractivity contribution < 1.29 is 28.2 Å². The Morgan fingerprint density at radius 1 is 0.967 bits per heavy atom. The summed E-state index contributed by atoms with van der Waals surface area (Å²) >= 11 is 23.5. The van der Waals surface area contributed by atoms with E-state index in [-0.39, 0.29) is 34.1 Å². The smallest absolute Gasteiger partial charge is 0.340 e. The van der Waals surface area contributed by atoms with Crippen LogP contribution in [0.3, 0.4) is 0 Å². The Kier molecular flexibility index (Phi) is 8.92. The summed E-state index contributed by atoms with van der Waals surface area (Å²) in [6.07, 6.45) is -3.67. The zero-order valence-corrected chi connectivity index (χ0v) is 18.4. The van der Waals surface area contributed by atoms with Crippen LogP contribution in [0.4, 0.5) is 4.39 Å². The van der Waals surface area contributed by atoms with Crippen molar-refractivity contribution in [3.05, 3.63) is 67.6 Å². The van der Waals surface area contributed by atoms with Gasteiger partial charge in [-0.2, -0.15) is 0 Å². The highest BCUT2D eigenvalue weighted by Gasteiger charge is 2.32. The number of ether oxygens (including phenoxy) is 2. The van der Waals surface area contributed by atoms with Gasteiger partial charge in [-0.15, -0.1) is 0 Å². The van der Waals surface area contributed by atoms with E-state index in [9.17, 15) is 18.8 Å². The molecule has 0 amide bonds. The molecule has 0 aliphatic rings. The summed E-state index contributed by atoms with van der Waals surface area (Å²) in [5.41, 5.74) is 0.00301. The number of rotatable bonds is 8. The van der Waals surface area contributed by atoms with Crippen LogP contribution in [0.5, 0.6) is 0 Å². The highest BCUT2D eigenvalue weighted by molar-refractivity contribution is 6.37. The molecule has 0 saturated carbocycles. The lowest BCUT2D eigenvalue weighted by Crippen LogP contribution is -2.37. The molecular formula is C20H15Cl4FO5. The molecule has 160 valence electrons. The molecule has 30 heavy (non-hydrogen) atoms. The monoisotopic (exact) mass is 494 g/mol. The lowest BCUT2D eigenvalue weighted by Gasteiger charge is -2.24. The zero-order valence-electron chi connectivity index (χ0n) is 15.4. The number of halogens is 5. The van der Waals surface area contributed by atoms with Crippen molar-refractivity contribution in [2.75, 3.05) is 6.61 Å². The minimum atomic E-state index is -2.15. The fourth-order valence-electron chi connectivity index (χ4n) is 2.45. The van der Waals surface area contributed by atoms with Crippen molar-refractivity contribution >= 4 is 64.6 Å². The Morgan fingerprint density at radius 3 is 1.93 bits per heavy atom. The number of carbonyl (C=O) groups is 3. The van der Waals surface area contributed by atoms with Crippen molar-refractivity contribution in [2.24, 2.45) is 5.92 Å². The molecule has 0 spiro atoms. The molecule has 0 unspecified atom stereocenters. The van der Waals surface area contributed by atoms with E-state index in [0.717, 1.165) is 0 Å². The first-order valence-electron chi connectivity index (χ1n) is 8.51. The van der Waals surface area contributed by atoms with E-state index in [4.69, 9.17) is 55.9 Å². The predicted molar refractivity (Wildman–Crippen MR) is 113 cm³/mol. The van der Waals surface area contributed by atoms with Crippen LogP contribution in [-0.4, -0.2) is 37.1 Å². The van der Waals surface area contributed by atoms with Gasteiger partial charge in [-0.3, -0.25) is 4.79 Å². The number of carbonyl (C=O) groups excluding carboxylic acids is 3. The fraction of sp³-hybridized carbons (Fsp3) is 0.250. The number of hydrogen-bond donors (Lipinski definition) is 0. The van der Waals surface area contributed by atoms with E-state index in [1.165, 1.54) is 43.3 Å². The number of esters is 2. The Labute approximate surface area is 191 Å². The first kappa shape index (κ1) is 24.4. The van der Waals surface area contributed by atoms with E-state index < -0.39 is 30.1 Å². The molecule has 0 aliphatic carbocycles. The van der Waals surface area contributed by atoms with Gasteiger partial charge in [-0.25, -0.2) is 14.0 Å². The molecule has 0 bridgehead atoms. The minimum Gasteiger partial charge on any atom is -0.462 e. The van der Waals surface area contributed by atoms with Gasteiger partial charge in [-0.05, 0) is 36.4 Å². The van der Waals surface area contributed by atoms with Crippen LogP contribution in [-0.2, 0) is 14.3 Å².